The van der Waals surface area contributed by atoms with E-state index in [0.717, 1.165) is 44.9 Å². The lowest BCUT2D eigenvalue weighted by molar-refractivity contribution is -0.215. The molecule has 4 fully saturated rings. The molecule has 0 aromatic carbocycles. The van der Waals surface area contributed by atoms with E-state index in [0.29, 0.717) is 18.9 Å². The van der Waals surface area contributed by atoms with Gasteiger partial charge in [-0.05, 0) is 92.8 Å². The Morgan fingerprint density at radius 3 is 2.32 bits per heavy atom. The molecule has 216 valence electrons. The number of carbonyl (C=O) groups excluding carboxylic acids is 3. The van der Waals surface area contributed by atoms with Crippen molar-refractivity contribution in [2.24, 2.45) is 46.3 Å². The van der Waals surface area contributed by atoms with E-state index in [9.17, 15) is 19.5 Å². The molecule has 0 aromatic heterocycles. The van der Waals surface area contributed by atoms with Gasteiger partial charge in [0.1, 0.15) is 12.2 Å². The molecule has 12 atom stereocenters. The van der Waals surface area contributed by atoms with Gasteiger partial charge in [-0.3, -0.25) is 14.4 Å². The molecule has 0 heterocycles. The Morgan fingerprint density at radius 1 is 1.00 bits per heavy atom. The molecule has 38 heavy (non-hydrogen) atoms. The molecule has 0 saturated heterocycles. The summed E-state index contributed by atoms with van der Waals surface area (Å²) in [7, 11) is 0. The van der Waals surface area contributed by atoms with Crippen molar-refractivity contribution in [3.63, 3.8) is 0 Å². The molecule has 7 nitrogen and oxygen atoms in total. The molecular weight excluding hydrogens is 552 g/mol. The van der Waals surface area contributed by atoms with Crippen molar-refractivity contribution in [3.8, 4) is 0 Å². The third kappa shape index (κ3) is 5.17. The Labute approximate surface area is 236 Å². The fourth-order valence-electron chi connectivity index (χ4n) is 9.57. The maximum atomic E-state index is 12.4. The summed E-state index contributed by atoms with van der Waals surface area (Å²) >= 11 is 3.93. The second-order valence-electron chi connectivity index (χ2n) is 13.0. The van der Waals surface area contributed by atoms with E-state index >= 15 is 0 Å². The van der Waals surface area contributed by atoms with Gasteiger partial charge in [0.05, 0.1) is 12.7 Å². The van der Waals surface area contributed by atoms with Crippen LogP contribution in [-0.4, -0.2) is 52.8 Å². The molecule has 0 aliphatic heterocycles. The number of esters is 3. The number of hydrogen-bond acceptors (Lipinski definition) is 7. The van der Waals surface area contributed by atoms with Gasteiger partial charge in [-0.2, -0.15) is 0 Å². The zero-order valence-corrected chi connectivity index (χ0v) is 25.5. The second-order valence-corrected chi connectivity index (χ2v) is 14.1. The first kappa shape index (κ1) is 29.8. The average molecular weight is 600 g/mol. The van der Waals surface area contributed by atoms with E-state index < -0.39 is 6.10 Å². The minimum atomic E-state index is -0.523. The van der Waals surface area contributed by atoms with Gasteiger partial charge < -0.3 is 19.3 Å². The number of carbonyl (C=O) groups is 3. The van der Waals surface area contributed by atoms with Gasteiger partial charge in [-0.15, -0.1) is 0 Å². The van der Waals surface area contributed by atoms with E-state index in [1.165, 1.54) is 13.8 Å². The van der Waals surface area contributed by atoms with Crippen LogP contribution in [0.4, 0.5) is 0 Å². The lowest BCUT2D eigenvalue weighted by Crippen LogP contribution is -2.66. The molecule has 0 aromatic rings. The van der Waals surface area contributed by atoms with Gasteiger partial charge in [-0.25, -0.2) is 0 Å². The molecule has 4 saturated carbocycles. The van der Waals surface area contributed by atoms with Crippen LogP contribution >= 0.6 is 15.9 Å². The Morgan fingerprint density at radius 2 is 1.68 bits per heavy atom. The first-order valence-electron chi connectivity index (χ1n) is 14.7. The van der Waals surface area contributed by atoms with Crippen LogP contribution in [-0.2, 0) is 28.6 Å². The zero-order valence-electron chi connectivity index (χ0n) is 23.9. The summed E-state index contributed by atoms with van der Waals surface area (Å²) < 4.78 is 17.0. The van der Waals surface area contributed by atoms with Crippen LogP contribution < -0.4 is 0 Å². The predicted molar refractivity (Wildman–Crippen MR) is 146 cm³/mol. The number of aliphatic hydroxyl groups excluding tert-OH is 1. The van der Waals surface area contributed by atoms with Gasteiger partial charge in [0.15, 0.2) is 0 Å². The lowest BCUT2D eigenvalue weighted by Gasteiger charge is -2.65. The van der Waals surface area contributed by atoms with Gasteiger partial charge in [0.25, 0.3) is 0 Å². The first-order chi connectivity index (χ1) is 17.8. The van der Waals surface area contributed by atoms with Crippen molar-refractivity contribution in [1.82, 2.24) is 0 Å². The van der Waals surface area contributed by atoms with Crippen LogP contribution in [0, 0.1) is 46.3 Å². The molecule has 0 spiro atoms. The molecule has 4 aliphatic rings. The number of halogens is 1. The molecule has 4 aliphatic carbocycles. The number of rotatable bonds is 7. The molecule has 8 heteroatoms. The van der Waals surface area contributed by atoms with Crippen LogP contribution in [0.25, 0.3) is 0 Å². The SMILES string of the molecule is CCOC(=O)CC[C@H](C)[C@H]1CC[C@H]2[C@H]3[C@H](O)[C@H](Br)[C@@H]4C[C@H](OC(C)=O)CC[C@]4(C)[C@H]3C[C@H](OC(C)=O)[C@]12C. The van der Waals surface area contributed by atoms with Crippen LogP contribution in [0.1, 0.15) is 92.9 Å². The highest BCUT2D eigenvalue weighted by Crippen LogP contribution is 2.69. The van der Waals surface area contributed by atoms with Gasteiger partial charge in [0, 0.05) is 30.5 Å². The third-order valence-electron chi connectivity index (χ3n) is 11.2. The maximum absolute atomic E-state index is 12.4. The fourth-order valence-corrected chi connectivity index (χ4v) is 10.7. The Kier molecular flexibility index (Phi) is 8.93. The summed E-state index contributed by atoms with van der Waals surface area (Å²) in [5.74, 6) is 0.595. The molecule has 4 rings (SSSR count). The number of fused-ring (bicyclic) bond motifs is 5. The summed E-state index contributed by atoms with van der Waals surface area (Å²) in [5, 5.41) is 11.9. The normalized spacial score (nSPS) is 44.7. The molecule has 0 radical (unpaired) electrons. The minimum absolute atomic E-state index is 0.0535. The van der Waals surface area contributed by atoms with E-state index in [1.54, 1.807) is 0 Å². The van der Waals surface area contributed by atoms with Crippen molar-refractivity contribution in [2.45, 2.75) is 116 Å². The topological polar surface area (TPSA) is 99.1 Å². The number of ether oxygens (including phenoxy) is 3. The van der Waals surface area contributed by atoms with Crippen LogP contribution in [0.3, 0.4) is 0 Å². The molecule has 1 N–H and O–H groups in total. The van der Waals surface area contributed by atoms with Crippen LogP contribution in [0.15, 0.2) is 0 Å². The van der Waals surface area contributed by atoms with Crippen molar-refractivity contribution in [3.05, 3.63) is 0 Å². The first-order valence-corrected chi connectivity index (χ1v) is 15.6. The van der Waals surface area contributed by atoms with Gasteiger partial charge in [-0.1, -0.05) is 36.7 Å². The van der Waals surface area contributed by atoms with Gasteiger partial charge >= 0.3 is 17.9 Å². The standard InChI is InChI=1S/C30H47BrO7/c1-7-36-25(34)11-8-16(2)20-9-10-21-26-22(15-24(30(20,21)6)38-18(4)33)29(5)13-12-19(37-17(3)32)14-23(29)27(31)28(26)35/h16,19-24,26-28,35H,7-15H2,1-6H3/t16-,19+,20+,21-,22-,23-,24-,26+,27+,28-,29+,30+/m0/s1. The summed E-state index contributed by atoms with van der Waals surface area (Å²) in [6, 6.07) is 0. The van der Waals surface area contributed by atoms with Crippen molar-refractivity contribution in [2.75, 3.05) is 6.61 Å². The quantitative estimate of drug-likeness (QED) is 0.236. The fraction of sp³-hybridized carbons (Fsp3) is 0.900. The summed E-state index contributed by atoms with van der Waals surface area (Å²) in [4.78, 5) is 36.1. The maximum Gasteiger partial charge on any atom is 0.305 e. The second kappa shape index (κ2) is 11.4. The van der Waals surface area contributed by atoms with Crippen molar-refractivity contribution in [1.29, 1.82) is 0 Å². The summed E-state index contributed by atoms with van der Waals surface area (Å²) in [6.45, 7) is 12.0. The van der Waals surface area contributed by atoms with E-state index in [2.05, 4.69) is 36.7 Å². The van der Waals surface area contributed by atoms with E-state index in [1.807, 2.05) is 6.92 Å². The summed E-state index contributed by atoms with van der Waals surface area (Å²) in [6.07, 6.45) is 5.46. The third-order valence-corrected chi connectivity index (χ3v) is 12.4. The smallest absolute Gasteiger partial charge is 0.305 e. The zero-order chi connectivity index (χ0) is 28.0. The van der Waals surface area contributed by atoms with Crippen molar-refractivity contribution >= 4 is 33.8 Å². The summed E-state index contributed by atoms with van der Waals surface area (Å²) in [5.41, 5.74) is -0.325. The number of aliphatic hydroxyl groups is 1. The molecule has 0 bridgehead atoms. The van der Waals surface area contributed by atoms with Crippen LogP contribution in [0.2, 0.25) is 0 Å². The molecular formula is C30H47BrO7. The van der Waals surface area contributed by atoms with E-state index in [-0.39, 0.29) is 75.4 Å². The predicted octanol–water partition coefficient (Wildman–Crippen LogP) is 5.44. The molecule has 0 unspecified atom stereocenters. The van der Waals surface area contributed by atoms with Crippen LogP contribution in [0.5, 0.6) is 0 Å². The minimum Gasteiger partial charge on any atom is -0.466 e. The Bertz CT molecular complexity index is 909. The lowest BCUT2D eigenvalue weighted by atomic mass is 9.43. The number of alkyl halides is 1. The molecule has 0 amide bonds. The monoisotopic (exact) mass is 598 g/mol. The average Bonchev–Trinajstić information content (AvgIpc) is 3.20. The van der Waals surface area contributed by atoms with Crippen molar-refractivity contribution < 1.29 is 33.7 Å². The Balaban J connectivity index is 1.64. The largest absolute Gasteiger partial charge is 0.466 e. The van der Waals surface area contributed by atoms with Gasteiger partial charge in [0.2, 0.25) is 0 Å². The highest BCUT2D eigenvalue weighted by atomic mass is 79.9. The highest BCUT2D eigenvalue weighted by molar-refractivity contribution is 9.09. The van der Waals surface area contributed by atoms with E-state index in [4.69, 9.17) is 14.2 Å². The Hall–Kier alpha value is -1.15. The highest BCUT2D eigenvalue weighted by Gasteiger charge is 2.68. The number of hydrogen-bond donors (Lipinski definition) is 1.